The molecular weight excluding hydrogens is 612 g/mol. The number of sulfonamides is 1. The first-order valence-electron chi connectivity index (χ1n) is 13.5. The van der Waals surface area contributed by atoms with Gasteiger partial charge in [-0.1, -0.05) is 71.7 Å². The van der Waals surface area contributed by atoms with Crippen molar-refractivity contribution in [3.63, 3.8) is 0 Å². The number of nitrogens with zero attached hydrogens (tertiary/aromatic N) is 2. The standard InChI is InChI=1S/C32H30Cl2FN3O4S/c1-2-36-32(40)30(19-23-7-4-3-5-8-23)37(21-24-11-15-27(35)16-12-24)31(39)22-38(28-10-6-9-26(34)20-28)43(41,42)29-17-13-25(33)14-18-29/h3-18,20,30H,2,19,21-22H2,1H3,(H,36,40)/t30-/m1/s1. The Balaban J connectivity index is 1.79. The van der Waals surface area contributed by atoms with Crippen LogP contribution in [0, 0.1) is 5.82 Å². The molecule has 224 valence electrons. The molecule has 0 fully saturated rings. The maximum Gasteiger partial charge on any atom is 0.264 e. The summed E-state index contributed by atoms with van der Waals surface area (Å²) in [5.74, 6) is -1.50. The van der Waals surface area contributed by atoms with Gasteiger partial charge in [-0.3, -0.25) is 13.9 Å². The highest BCUT2D eigenvalue weighted by Gasteiger charge is 2.34. The van der Waals surface area contributed by atoms with Crippen molar-refractivity contribution < 1.29 is 22.4 Å². The van der Waals surface area contributed by atoms with Crippen molar-refractivity contribution >= 4 is 50.7 Å². The molecule has 43 heavy (non-hydrogen) atoms. The quantitative estimate of drug-likeness (QED) is 0.202. The van der Waals surface area contributed by atoms with Gasteiger partial charge in [0.15, 0.2) is 0 Å². The van der Waals surface area contributed by atoms with Gasteiger partial charge in [0.1, 0.15) is 18.4 Å². The van der Waals surface area contributed by atoms with E-state index in [-0.39, 0.29) is 28.6 Å². The van der Waals surface area contributed by atoms with Crippen LogP contribution in [0.25, 0.3) is 0 Å². The summed E-state index contributed by atoms with van der Waals surface area (Å²) in [5, 5.41) is 3.41. The van der Waals surface area contributed by atoms with E-state index in [4.69, 9.17) is 23.2 Å². The number of amides is 2. The van der Waals surface area contributed by atoms with Crippen molar-refractivity contribution in [2.75, 3.05) is 17.4 Å². The fraction of sp³-hybridized carbons (Fsp3) is 0.188. The molecule has 0 aliphatic rings. The van der Waals surface area contributed by atoms with Crippen LogP contribution in [0.3, 0.4) is 0 Å². The minimum Gasteiger partial charge on any atom is -0.355 e. The molecule has 0 saturated carbocycles. The first-order valence-corrected chi connectivity index (χ1v) is 15.7. The van der Waals surface area contributed by atoms with Crippen molar-refractivity contribution in [1.29, 1.82) is 0 Å². The zero-order valence-electron chi connectivity index (χ0n) is 23.3. The van der Waals surface area contributed by atoms with Gasteiger partial charge < -0.3 is 10.2 Å². The third kappa shape index (κ3) is 8.34. The Morgan fingerprint density at radius 2 is 1.51 bits per heavy atom. The van der Waals surface area contributed by atoms with Gasteiger partial charge in [-0.05, 0) is 72.6 Å². The molecule has 11 heteroatoms. The average molecular weight is 643 g/mol. The second kappa shape index (κ2) is 14.5. The Kier molecular flexibility index (Phi) is 10.8. The Morgan fingerprint density at radius 3 is 2.14 bits per heavy atom. The van der Waals surface area contributed by atoms with Crippen LogP contribution in [0.4, 0.5) is 10.1 Å². The summed E-state index contributed by atoms with van der Waals surface area (Å²) in [6.45, 7) is 1.38. The number of likely N-dealkylation sites (N-methyl/N-ethyl adjacent to an activating group) is 1. The zero-order valence-corrected chi connectivity index (χ0v) is 25.6. The number of carbonyl (C=O) groups is 2. The van der Waals surface area contributed by atoms with Gasteiger partial charge in [0.05, 0.1) is 10.6 Å². The molecule has 7 nitrogen and oxygen atoms in total. The fourth-order valence-electron chi connectivity index (χ4n) is 4.53. The van der Waals surface area contributed by atoms with E-state index in [1.165, 1.54) is 65.6 Å². The van der Waals surface area contributed by atoms with E-state index >= 15 is 0 Å². The second-order valence-electron chi connectivity index (χ2n) is 9.69. The Hall–Kier alpha value is -3.92. The molecule has 0 radical (unpaired) electrons. The summed E-state index contributed by atoms with van der Waals surface area (Å²) in [6, 6.07) is 25.5. The maximum atomic E-state index is 14.3. The van der Waals surface area contributed by atoms with E-state index in [9.17, 15) is 22.4 Å². The fourth-order valence-corrected chi connectivity index (χ4v) is 6.24. The molecule has 0 unspecified atom stereocenters. The largest absolute Gasteiger partial charge is 0.355 e. The molecule has 0 saturated heterocycles. The number of hydrogen-bond donors (Lipinski definition) is 1. The summed E-state index contributed by atoms with van der Waals surface area (Å²) in [6.07, 6.45) is 0.167. The van der Waals surface area contributed by atoms with Crippen LogP contribution in [0.15, 0.2) is 108 Å². The predicted molar refractivity (Wildman–Crippen MR) is 167 cm³/mol. The lowest BCUT2D eigenvalue weighted by Gasteiger charge is -2.33. The van der Waals surface area contributed by atoms with Crippen molar-refractivity contribution in [3.05, 3.63) is 130 Å². The van der Waals surface area contributed by atoms with Crippen LogP contribution in [-0.2, 0) is 32.6 Å². The lowest BCUT2D eigenvalue weighted by molar-refractivity contribution is -0.140. The van der Waals surface area contributed by atoms with E-state index in [2.05, 4.69) is 5.32 Å². The molecule has 0 aliphatic carbocycles. The molecule has 1 atom stereocenters. The lowest BCUT2D eigenvalue weighted by Crippen LogP contribution is -2.53. The first-order chi connectivity index (χ1) is 20.6. The minimum absolute atomic E-state index is 0.0713. The molecule has 1 N–H and O–H groups in total. The summed E-state index contributed by atoms with van der Waals surface area (Å²) in [5.41, 5.74) is 1.53. The van der Waals surface area contributed by atoms with E-state index in [1.54, 1.807) is 19.1 Å². The summed E-state index contributed by atoms with van der Waals surface area (Å²) < 4.78 is 42.6. The van der Waals surface area contributed by atoms with Gasteiger partial charge in [-0.2, -0.15) is 0 Å². The summed E-state index contributed by atoms with van der Waals surface area (Å²) in [4.78, 5) is 29.0. The molecule has 4 aromatic carbocycles. The van der Waals surface area contributed by atoms with Gasteiger partial charge in [0.25, 0.3) is 10.0 Å². The Labute approximate surface area is 260 Å². The number of nitrogens with one attached hydrogen (secondary N) is 1. The second-order valence-corrected chi connectivity index (χ2v) is 12.4. The number of carbonyl (C=O) groups excluding carboxylic acids is 2. The third-order valence-electron chi connectivity index (χ3n) is 6.66. The van der Waals surface area contributed by atoms with Gasteiger partial charge >= 0.3 is 0 Å². The number of hydrogen-bond acceptors (Lipinski definition) is 4. The lowest BCUT2D eigenvalue weighted by atomic mass is 10.0. The van der Waals surface area contributed by atoms with Crippen LogP contribution in [0.1, 0.15) is 18.1 Å². The van der Waals surface area contributed by atoms with Gasteiger partial charge in [-0.25, -0.2) is 12.8 Å². The molecule has 4 rings (SSSR count). The average Bonchev–Trinajstić information content (AvgIpc) is 2.99. The van der Waals surface area contributed by atoms with E-state index < -0.39 is 40.2 Å². The highest BCUT2D eigenvalue weighted by atomic mass is 35.5. The highest BCUT2D eigenvalue weighted by Crippen LogP contribution is 2.28. The Morgan fingerprint density at radius 1 is 0.837 bits per heavy atom. The molecule has 0 aromatic heterocycles. The number of halogens is 3. The van der Waals surface area contributed by atoms with Crippen molar-refractivity contribution in [1.82, 2.24) is 10.2 Å². The number of rotatable bonds is 12. The topological polar surface area (TPSA) is 86.8 Å². The van der Waals surface area contributed by atoms with Crippen LogP contribution >= 0.6 is 23.2 Å². The molecule has 0 spiro atoms. The van der Waals surface area contributed by atoms with Crippen LogP contribution in [0.2, 0.25) is 10.0 Å². The van der Waals surface area contributed by atoms with Gasteiger partial charge in [0.2, 0.25) is 11.8 Å². The van der Waals surface area contributed by atoms with Crippen molar-refractivity contribution in [2.45, 2.75) is 30.8 Å². The monoisotopic (exact) mass is 641 g/mol. The predicted octanol–water partition coefficient (Wildman–Crippen LogP) is 6.10. The summed E-state index contributed by atoms with van der Waals surface area (Å²) in [7, 11) is -4.29. The Bertz CT molecular complexity index is 1650. The summed E-state index contributed by atoms with van der Waals surface area (Å²) >= 11 is 12.2. The highest BCUT2D eigenvalue weighted by molar-refractivity contribution is 7.92. The van der Waals surface area contributed by atoms with Crippen LogP contribution in [0.5, 0.6) is 0 Å². The minimum atomic E-state index is -4.29. The normalized spacial score (nSPS) is 11.9. The van der Waals surface area contributed by atoms with E-state index in [0.717, 1.165) is 9.87 Å². The maximum absolute atomic E-state index is 14.3. The van der Waals surface area contributed by atoms with E-state index in [1.807, 2.05) is 30.3 Å². The van der Waals surface area contributed by atoms with Crippen molar-refractivity contribution in [2.24, 2.45) is 0 Å². The molecule has 0 heterocycles. The molecule has 0 aliphatic heterocycles. The zero-order chi connectivity index (χ0) is 31.0. The number of benzene rings is 4. The van der Waals surface area contributed by atoms with E-state index in [0.29, 0.717) is 17.1 Å². The van der Waals surface area contributed by atoms with Gasteiger partial charge in [-0.15, -0.1) is 0 Å². The van der Waals surface area contributed by atoms with Crippen LogP contribution in [-0.4, -0.2) is 44.3 Å². The number of anilines is 1. The SMILES string of the molecule is CCNC(=O)[C@@H](Cc1ccccc1)N(Cc1ccc(F)cc1)C(=O)CN(c1cccc(Cl)c1)S(=O)(=O)c1ccc(Cl)cc1. The molecule has 0 bridgehead atoms. The molecule has 2 amide bonds. The van der Waals surface area contributed by atoms with Crippen LogP contribution < -0.4 is 9.62 Å². The molecule has 4 aromatic rings. The van der Waals surface area contributed by atoms with Crippen molar-refractivity contribution in [3.8, 4) is 0 Å². The molecular formula is C32H30Cl2FN3O4S. The smallest absolute Gasteiger partial charge is 0.264 e. The third-order valence-corrected chi connectivity index (χ3v) is 8.94. The first kappa shape index (κ1) is 32.0. The van der Waals surface area contributed by atoms with Gasteiger partial charge in [0, 0.05) is 29.6 Å².